The van der Waals surface area contributed by atoms with Gasteiger partial charge in [0.1, 0.15) is 37.1 Å². The maximum absolute atomic E-state index is 14.3. The van der Waals surface area contributed by atoms with E-state index in [4.69, 9.17) is 14.2 Å². The van der Waals surface area contributed by atoms with Crippen LogP contribution in [-0.2, 0) is 13.2 Å². The minimum atomic E-state index is -0.0266. The van der Waals surface area contributed by atoms with Crippen LogP contribution in [-0.4, -0.2) is 36.9 Å². The highest BCUT2D eigenvalue weighted by Gasteiger charge is 2.19. The van der Waals surface area contributed by atoms with E-state index in [1.165, 1.54) is 19.3 Å². The van der Waals surface area contributed by atoms with Crippen LogP contribution in [0.3, 0.4) is 0 Å². The molecule has 0 unspecified atom stereocenters. The first-order chi connectivity index (χ1) is 24.7. The molecule has 1 aromatic heterocycles. The molecule has 6 aromatic carbocycles. The van der Waals surface area contributed by atoms with Gasteiger partial charge in [-0.3, -0.25) is 9.69 Å². The van der Waals surface area contributed by atoms with E-state index in [9.17, 15) is 4.79 Å². The van der Waals surface area contributed by atoms with Gasteiger partial charge in [-0.1, -0.05) is 67.1 Å². The fourth-order valence-corrected chi connectivity index (χ4v) is 8.02. The number of ketones is 1. The number of likely N-dealkylation sites (tertiary alicyclic amines) is 1. The first-order valence-electron chi connectivity index (χ1n) is 17.4. The SMILES string of the molecule is O=C(c1ccc(OCCN2CCCCC2)cc1)c1cc2sc3cc(OCc4ccccc4)ccc3c2c2ccc(OCc3ccccc3)cc12. The average molecular weight is 678 g/mol. The number of carbonyl (C=O) groups excluding carboxylic acids is 1. The molecule has 0 saturated carbocycles. The summed E-state index contributed by atoms with van der Waals surface area (Å²) in [6.07, 6.45) is 3.86. The second-order valence-corrected chi connectivity index (χ2v) is 14.0. The third-order valence-corrected chi connectivity index (χ3v) is 10.6. The summed E-state index contributed by atoms with van der Waals surface area (Å²) in [6.45, 7) is 4.83. The molecule has 1 fully saturated rings. The molecule has 1 aliphatic rings. The van der Waals surface area contributed by atoms with Gasteiger partial charge in [0.15, 0.2) is 5.78 Å². The average Bonchev–Trinajstić information content (AvgIpc) is 3.55. The third-order valence-electron chi connectivity index (χ3n) is 9.50. The van der Waals surface area contributed by atoms with Crippen molar-refractivity contribution in [1.82, 2.24) is 4.90 Å². The molecule has 0 bridgehead atoms. The predicted octanol–water partition coefficient (Wildman–Crippen LogP) is 10.5. The third kappa shape index (κ3) is 7.09. The van der Waals surface area contributed by atoms with Crippen LogP contribution in [0.4, 0.5) is 0 Å². The smallest absolute Gasteiger partial charge is 0.193 e. The Hall–Kier alpha value is -5.17. The van der Waals surface area contributed by atoms with Crippen molar-refractivity contribution in [2.75, 3.05) is 26.2 Å². The van der Waals surface area contributed by atoms with Gasteiger partial charge < -0.3 is 14.2 Å². The number of rotatable bonds is 12. The van der Waals surface area contributed by atoms with Crippen LogP contribution in [0.5, 0.6) is 17.2 Å². The molecular formula is C44H39NO4S. The molecule has 0 aliphatic carbocycles. The van der Waals surface area contributed by atoms with Crippen LogP contribution >= 0.6 is 11.3 Å². The van der Waals surface area contributed by atoms with E-state index in [2.05, 4.69) is 53.4 Å². The minimum Gasteiger partial charge on any atom is -0.492 e. The molecule has 0 amide bonds. The number of nitrogens with zero attached hydrogens (tertiary/aromatic N) is 1. The van der Waals surface area contributed by atoms with Gasteiger partial charge >= 0.3 is 0 Å². The standard InChI is InChI=1S/C44H39NO4S/c46-44(33-14-16-34(17-15-33)47-25-24-45-22-8-3-9-23-45)40-28-42-43(37-20-18-35(26-39(37)40)48-29-31-10-4-1-5-11-31)38-21-19-36(27-41(38)50-42)49-30-32-12-6-2-7-13-32/h1-2,4-7,10-21,26-28H,3,8-9,22-25,29-30H2. The lowest BCUT2D eigenvalue weighted by Crippen LogP contribution is -2.33. The summed E-state index contributed by atoms with van der Waals surface area (Å²) in [5.74, 6) is 2.30. The Bertz CT molecular complexity index is 2240. The Morgan fingerprint density at radius 2 is 1.20 bits per heavy atom. The van der Waals surface area contributed by atoms with Gasteiger partial charge in [-0.25, -0.2) is 0 Å². The van der Waals surface area contributed by atoms with Crippen molar-refractivity contribution in [3.05, 3.63) is 150 Å². The molecule has 7 aromatic rings. The summed E-state index contributed by atoms with van der Waals surface area (Å²) in [4.78, 5) is 16.8. The van der Waals surface area contributed by atoms with E-state index >= 15 is 0 Å². The molecule has 8 rings (SSSR count). The Morgan fingerprint density at radius 3 is 1.88 bits per heavy atom. The summed E-state index contributed by atoms with van der Waals surface area (Å²) in [5.41, 5.74) is 3.50. The predicted molar refractivity (Wildman–Crippen MR) is 204 cm³/mol. The molecule has 1 saturated heterocycles. The number of piperidine rings is 1. The minimum absolute atomic E-state index is 0.0266. The maximum Gasteiger partial charge on any atom is 0.193 e. The largest absolute Gasteiger partial charge is 0.492 e. The molecule has 0 N–H and O–H groups in total. The van der Waals surface area contributed by atoms with Crippen LogP contribution in [0.1, 0.15) is 46.3 Å². The van der Waals surface area contributed by atoms with E-state index in [1.54, 1.807) is 11.3 Å². The van der Waals surface area contributed by atoms with Gasteiger partial charge in [-0.2, -0.15) is 0 Å². The fourth-order valence-electron chi connectivity index (χ4n) is 6.83. The monoisotopic (exact) mass is 677 g/mol. The highest BCUT2D eigenvalue weighted by atomic mass is 32.1. The van der Waals surface area contributed by atoms with Gasteiger partial charge in [0.2, 0.25) is 0 Å². The maximum atomic E-state index is 14.3. The Labute approximate surface area is 296 Å². The second-order valence-electron chi connectivity index (χ2n) is 12.9. The fraction of sp³-hybridized carbons (Fsp3) is 0.205. The molecule has 50 heavy (non-hydrogen) atoms. The van der Waals surface area contributed by atoms with Gasteiger partial charge in [0.25, 0.3) is 0 Å². The lowest BCUT2D eigenvalue weighted by Gasteiger charge is -2.26. The van der Waals surface area contributed by atoms with E-state index in [1.807, 2.05) is 78.9 Å². The molecule has 0 radical (unpaired) electrons. The number of carbonyl (C=O) groups is 1. The molecular weight excluding hydrogens is 639 g/mol. The summed E-state index contributed by atoms with van der Waals surface area (Å²) in [5, 5.41) is 4.18. The number of benzene rings is 6. The number of hydrogen-bond acceptors (Lipinski definition) is 6. The number of ether oxygens (including phenoxy) is 3. The van der Waals surface area contributed by atoms with Crippen LogP contribution < -0.4 is 14.2 Å². The van der Waals surface area contributed by atoms with Crippen LogP contribution in [0.15, 0.2) is 127 Å². The lowest BCUT2D eigenvalue weighted by atomic mass is 9.94. The first kappa shape index (κ1) is 32.1. The van der Waals surface area contributed by atoms with E-state index in [-0.39, 0.29) is 5.78 Å². The zero-order valence-corrected chi connectivity index (χ0v) is 28.8. The zero-order valence-electron chi connectivity index (χ0n) is 28.0. The van der Waals surface area contributed by atoms with Gasteiger partial charge in [0, 0.05) is 37.8 Å². The lowest BCUT2D eigenvalue weighted by molar-refractivity contribution is 0.104. The molecule has 0 spiro atoms. The van der Waals surface area contributed by atoms with Crippen LogP contribution in [0.2, 0.25) is 0 Å². The molecule has 5 nitrogen and oxygen atoms in total. The molecule has 2 heterocycles. The van der Waals surface area contributed by atoms with Gasteiger partial charge in [-0.05, 0) is 115 Å². The van der Waals surface area contributed by atoms with Crippen LogP contribution in [0, 0.1) is 0 Å². The van der Waals surface area contributed by atoms with Crippen molar-refractivity contribution < 1.29 is 19.0 Å². The number of fused-ring (bicyclic) bond motifs is 5. The molecule has 0 atom stereocenters. The van der Waals surface area contributed by atoms with Crippen molar-refractivity contribution in [3.8, 4) is 17.2 Å². The van der Waals surface area contributed by atoms with E-state index in [0.717, 1.165) is 79.0 Å². The second kappa shape index (κ2) is 14.8. The summed E-state index contributed by atoms with van der Waals surface area (Å²) < 4.78 is 20.7. The van der Waals surface area contributed by atoms with Crippen molar-refractivity contribution in [3.63, 3.8) is 0 Å². The van der Waals surface area contributed by atoms with Crippen molar-refractivity contribution >= 4 is 48.1 Å². The highest BCUT2D eigenvalue weighted by Crippen LogP contribution is 2.42. The number of thiophene rings is 1. The quantitative estimate of drug-likeness (QED) is 0.121. The summed E-state index contributed by atoms with van der Waals surface area (Å²) in [6, 6.07) is 42.4. The Morgan fingerprint density at radius 1 is 0.580 bits per heavy atom. The van der Waals surface area contributed by atoms with E-state index < -0.39 is 0 Å². The highest BCUT2D eigenvalue weighted by molar-refractivity contribution is 7.26. The summed E-state index contributed by atoms with van der Waals surface area (Å²) >= 11 is 1.69. The normalized spacial score (nSPS) is 13.5. The molecule has 6 heteroatoms. The van der Waals surface area contributed by atoms with Crippen molar-refractivity contribution in [2.24, 2.45) is 0 Å². The van der Waals surface area contributed by atoms with E-state index in [0.29, 0.717) is 30.9 Å². The van der Waals surface area contributed by atoms with Crippen molar-refractivity contribution in [1.29, 1.82) is 0 Å². The molecule has 1 aliphatic heterocycles. The van der Waals surface area contributed by atoms with Crippen LogP contribution in [0.25, 0.3) is 30.9 Å². The Kier molecular flexibility index (Phi) is 9.46. The first-order valence-corrected chi connectivity index (χ1v) is 18.3. The topological polar surface area (TPSA) is 48.0 Å². The summed E-state index contributed by atoms with van der Waals surface area (Å²) in [7, 11) is 0. The molecule has 250 valence electrons. The Balaban J connectivity index is 1.11. The number of hydrogen-bond donors (Lipinski definition) is 0. The van der Waals surface area contributed by atoms with Gasteiger partial charge in [-0.15, -0.1) is 11.3 Å². The zero-order chi connectivity index (χ0) is 33.7. The van der Waals surface area contributed by atoms with Crippen molar-refractivity contribution in [2.45, 2.75) is 32.5 Å². The van der Waals surface area contributed by atoms with Gasteiger partial charge in [0.05, 0.1) is 0 Å².